The zero-order chi connectivity index (χ0) is 4.50. The van der Waals surface area contributed by atoms with Gasteiger partial charge in [-0.05, 0) is 0 Å². The third-order valence-electron chi connectivity index (χ3n) is 0. The van der Waals surface area contributed by atoms with Crippen molar-refractivity contribution in [1.82, 2.24) is 0 Å². The first-order valence-electron chi connectivity index (χ1n) is 0.756. The second-order valence-corrected chi connectivity index (χ2v) is 102. The van der Waals surface area contributed by atoms with Crippen LogP contribution in [0.3, 0.4) is 0 Å². The van der Waals surface area contributed by atoms with Crippen molar-refractivity contribution >= 4 is 105 Å². The van der Waals surface area contributed by atoms with Crippen molar-refractivity contribution in [2.45, 2.75) is 0 Å². The van der Waals surface area contributed by atoms with Crippen LogP contribution in [0.25, 0.3) is 0 Å². The van der Waals surface area contributed by atoms with Crippen molar-refractivity contribution in [3.63, 3.8) is 0 Å². The quantitative estimate of drug-likeness (QED) is 0.368. The molecule has 0 spiro atoms. The summed E-state index contributed by atoms with van der Waals surface area (Å²) in [5.41, 5.74) is 0. The smallest absolute Gasteiger partial charge is 1.00 e. The molecule has 0 aromatic rings. The molecule has 0 amide bonds. The molecule has 0 heterocycles. The largest absolute Gasteiger partial charge is 2.00 e. The molecule has 0 N–H and O–H groups in total. The molecule has 0 aromatic carbocycles. The molecule has 0 aromatic heterocycles. The predicted octanol–water partition coefficient (Wildman–Crippen LogP) is 2.85. The first-order chi connectivity index (χ1) is 2.00. The van der Waals surface area contributed by atoms with Crippen LogP contribution < -0.4 is 0 Å². The summed E-state index contributed by atoms with van der Waals surface area (Å²) in [6.45, 7) is 0. The summed E-state index contributed by atoms with van der Waals surface area (Å²) >= 11 is 11.4. The Morgan fingerprint density at radius 1 is 1.00 bits per heavy atom. The maximum atomic E-state index is 3.35. The molecule has 0 aliphatic heterocycles. The Morgan fingerprint density at radius 2 is 1.00 bits per heavy atom. The van der Waals surface area contributed by atoms with Gasteiger partial charge in [-0.15, -0.1) is 0 Å². The van der Waals surface area contributed by atoms with Gasteiger partial charge in [-0.3, -0.25) is 0 Å². The van der Waals surface area contributed by atoms with E-state index in [1.807, 2.05) is 0 Å². The van der Waals surface area contributed by atoms with Gasteiger partial charge in [-0.25, -0.2) is 0 Å². The van der Waals surface area contributed by atoms with Gasteiger partial charge in [0.1, 0.15) is 0 Å². The second-order valence-electron chi connectivity index (χ2n) is 0.429. The monoisotopic (exact) mass is 614 g/mol. The topological polar surface area (TPSA) is 0 Å². The fourth-order valence-corrected chi connectivity index (χ4v) is 0. The minimum atomic E-state index is -2.03. The molecule has 0 aliphatic carbocycles. The molecule has 36 valence electrons. The van der Waals surface area contributed by atoms with Crippen LogP contribution in [0, 0.1) is 0 Å². The van der Waals surface area contributed by atoms with Crippen molar-refractivity contribution in [3.05, 3.63) is 0 Å². The molecule has 0 atom stereocenters. The minimum absolute atomic E-state index is 0. The Hall–Kier alpha value is 4.32. The van der Waals surface area contributed by atoms with E-state index in [-0.39, 0.29) is 48.3 Å². The maximum absolute atomic E-state index is 3.35. The Labute approximate surface area is 104 Å². The van der Waals surface area contributed by atoms with Crippen molar-refractivity contribution in [2.75, 3.05) is 0 Å². The fourth-order valence-electron chi connectivity index (χ4n) is 0. The molecule has 0 rings (SSSR count). The Kier molecular flexibility index (Phi) is 13.1. The zero-order valence-corrected chi connectivity index (χ0v) is 16.4. The molecule has 0 nitrogen and oxygen atoms in total. The molecule has 0 aliphatic rings. The van der Waals surface area contributed by atoms with Gasteiger partial charge in [0.15, 0.2) is 0 Å². The molecule has 0 bridgehead atoms. The van der Waals surface area contributed by atoms with E-state index in [1.54, 1.807) is 0 Å². The average Bonchev–Trinajstić information content (AvgIpc) is 0.722. The van der Waals surface area contributed by atoms with E-state index >= 15 is 0 Å². The molecule has 0 fully saturated rings. The normalized spacial score (nSPS) is 10.0. The Balaban J connectivity index is -0.0000000267. The molecule has 0 radical (unpaired) electrons. The van der Waals surface area contributed by atoms with Gasteiger partial charge in [-0.1, -0.05) is 0 Å². The van der Waals surface area contributed by atoms with E-state index in [0.29, 0.717) is 0 Å². The molecular formula is H2Br4PbSr. The number of hydrogen-bond acceptors (Lipinski definition) is 0. The van der Waals surface area contributed by atoms with Crippen LogP contribution in [0.4, 0.5) is 0 Å². The average molecular weight is 616 g/mol. The summed E-state index contributed by atoms with van der Waals surface area (Å²) < 4.78 is 0. The Bertz CT molecular complexity index is 29.5. The van der Waals surface area contributed by atoms with Crippen molar-refractivity contribution in [3.8, 4) is 0 Å². The summed E-state index contributed by atoms with van der Waals surface area (Å²) in [4.78, 5) is 0. The van der Waals surface area contributed by atoms with Gasteiger partial charge < -0.3 is 2.85 Å². The maximum Gasteiger partial charge on any atom is 2.00 e. The van der Waals surface area contributed by atoms with Crippen molar-refractivity contribution < 1.29 is 2.85 Å². The van der Waals surface area contributed by atoms with Crippen LogP contribution in [-0.2, 0) is 0 Å². The van der Waals surface area contributed by atoms with E-state index in [9.17, 15) is 0 Å². The first-order valence-corrected chi connectivity index (χ1v) is 34.5. The second kappa shape index (κ2) is 6.06. The van der Waals surface area contributed by atoms with E-state index in [2.05, 4.69) is 47.9 Å². The first kappa shape index (κ1) is 13.0. The van der Waals surface area contributed by atoms with Crippen LogP contribution in [0.2, 0.25) is 0 Å². The summed E-state index contributed by atoms with van der Waals surface area (Å²) in [6, 6.07) is 0. The van der Waals surface area contributed by atoms with E-state index in [4.69, 9.17) is 0 Å². The van der Waals surface area contributed by atoms with Crippen LogP contribution >= 0.6 is 47.9 Å². The molecule has 0 saturated carbocycles. The zero-order valence-electron chi connectivity index (χ0n) is 4.72. The number of rotatable bonds is 0. The van der Waals surface area contributed by atoms with Gasteiger partial charge >= 0.3 is 105 Å². The standard InChI is InChI=1S/4BrH.Pb.Sr.2H/h4*1H;;;;/q;;;;+4;+2;2*-1/p-4. The molecule has 0 saturated heterocycles. The third-order valence-corrected chi connectivity index (χ3v) is 0. The third kappa shape index (κ3) is 23.9. The van der Waals surface area contributed by atoms with Crippen LogP contribution in [0.1, 0.15) is 2.85 Å². The van der Waals surface area contributed by atoms with E-state index in [0.717, 1.165) is 0 Å². The summed E-state index contributed by atoms with van der Waals surface area (Å²) in [5, 5.41) is 0. The summed E-state index contributed by atoms with van der Waals surface area (Å²) in [7, 11) is 0. The SMILES string of the molecule is [Br][Pb]([Br])([Br])[Br].[H-].[H-].[Sr+2]. The van der Waals surface area contributed by atoms with Crippen molar-refractivity contribution in [2.24, 2.45) is 0 Å². The van der Waals surface area contributed by atoms with Gasteiger partial charge in [0.05, 0.1) is 0 Å². The predicted molar refractivity (Wildman–Crippen MR) is 49.4 cm³/mol. The summed E-state index contributed by atoms with van der Waals surface area (Å²) in [6.07, 6.45) is 0. The molecule has 6 heteroatoms. The minimum Gasteiger partial charge on any atom is -1.00 e. The van der Waals surface area contributed by atoms with Gasteiger partial charge in [-0.2, -0.15) is 0 Å². The molecule has 0 unspecified atom stereocenters. The van der Waals surface area contributed by atoms with E-state index < -0.39 is 11.5 Å². The Morgan fingerprint density at radius 3 is 1.00 bits per heavy atom. The van der Waals surface area contributed by atoms with Gasteiger partial charge in [0.2, 0.25) is 0 Å². The number of halogens is 4. The van der Waals surface area contributed by atoms with E-state index in [1.165, 1.54) is 0 Å². The summed E-state index contributed by atoms with van der Waals surface area (Å²) in [5.74, 6) is 0. The molecule has 6 heavy (non-hydrogen) atoms. The number of hydrogen-bond donors (Lipinski definition) is 0. The van der Waals surface area contributed by atoms with Gasteiger partial charge in [0.25, 0.3) is 0 Å². The van der Waals surface area contributed by atoms with Gasteiger partial charge in [0, 0.05) is 0 Å². The molecular weight excluding hydrogens is 614 g/mol. The fraction of sp³-hybridized carbons (Fsp3) is 0. The van der Waals surface area contributed by atoms with Crippen LogP contribution in [0.5, 0.6) is 0 Å². The van der Waals surface area contributed by atoms with Crippen molar-refractivity contribution in [1.29, 1.82) is 0 Å². The van der Waals surface area contributed by atoms with Crippen LogP contribution in [-0.4, -0.2) is 57.0 Å². The van der Waals surface area contributed by atoms with Crippen LogP contribution in [0.15, 0.2) is 0 Å².